The first kappa shape index (κ1) is 117. The number of benzene rings is 4. The normalized spacial score (nSPS) is 13.9. The third kappa shape index (κ3) is 43.2. The summed E-state index contributed by atoms with van der Waals surface area (Å²) in [4.78, 5) is 208. The maximum atomic E-state index is 13.4. The second-order valence-corrected chi connectivity index (χ2v) is 33.1. The first-order valence-corrected chi connectivity index (χ1v) is 47.1. The van der Waals surface area contributed by atoms with Gasteiger partial charge in [0.1, 0.15) is 46.9 Å². The Balaban J connectivity index is 0.000000266. The van der Waals surface area contributed by atoms with Gasteiger partial charge in [-0.15, -0.1) is 0 Å². The molecule has 0 saturated carbocycles. The van der Waals surface area contributed by atoms with Crippen LogP contribution in [0.25, 0.3) is 22.7 Å². The smallest absolute Gasteiger partial charge is 0.417 e. The molecule has 147 heavy (non-hydrogen) atoms. The van der Waals surface area contributed by atoms with Gasteiger partial charge in [0.05, 0.1) is 43.4 Å². The molecular formula is C103H121F6N17O21. The summed E-state index contributed by atoms with van der Waals surface area (Å²) in [6.45, 7) is 11.4. The zero-order valence-corrected chi connectivity index (χ0v) is 81.5. The van der Waals surface area contributed by atoms with Gasteiger partial charge >= 0.3 is 36.2 Å². The van der Waals surface area contributed by atoms with E-state index in [1.165, 1.54) is 78.9 Å². The van der Waals surface area contributed by atoms with Crippen molar-refractivity contribution in [2.45, 2.75) is 192 Å². The number of aryl methyl sites for hydroxylation is 2. The van der Waals surface area contributed by atoms with Crippen molar-refractivity contribution in [2.75, 3.05) is 33.0 Å². The molecule has 0 bridgehead atoms. The van der Waals surface area contributed by atoms with Crippen LogP contribution in [0.3, 0.4) is 0 Å². The molecule has 44 heteroatoms. The number of rotatable bonds is 50. The molecule has 38 nitrogen and oxygen atoms in total. The zero-order chi connectivity index (χ0) is 108. The van der Waals surface area contributed by atoms with Gasteiger partial charge in [0, 0.05) is 135 Å². The van der Waals surface area contributed by atoms with Gasteiger partial charge in [-0.1, -0.05) is 146 Å². The number of carbonyl (C=O) groups excluding carboxylic acids is 16. The summed E-state index contributed by atoms with van der Waals surface area (Å²) in [5, 5.41) is 28.4. The Bertz CT molecular complexity index is 5980. The van der Waals surface area contributed by atoms with Crippen molar-refractivity contribution in [2.24, 2.45) is 23.1 Å². The van der Waals surface area contributed by atoms with Crippen molar-refractivity contribution in [3.63, 3.8) is 0 Å². The van der Waals surface area contributed by atoms with Crippen LogP contribution in [0.2, 0.25) is 0 Å². The third-order valence-corrected chi connectivity index (χ3v) is 21.7. The van der Waals surface area contributed by atoms with Gasteiger partial charge in [0.15, 0.2) is 5.76 Å². The maximum Gasteiger partial charge on any atom is 0.417 e. The van der Waals surface area contributed by atoms with Crippen LogP contribution >= 0.6 is 0 Å². The highest BCUT2D eigenvalue weighted by Crippen LogP contribution is 2.37. The Morgan fingerprint density at radius 2 is 0.816 bits per heavy atom. The number of aromatic nitrogens is 5. The van der Waals surface area contributed by atoms with E-state index in [-0.39, 0.29) is 143 Å². The van der Waals surface area contributed by atoms with Gasteiger partial charge in [-0.2, -0.15) is 26.3 Å². The van der Waals surface area contributed by atoms with E-state index < -0.39 is 162 Å². The summed E-state index contributed by atoms with van der Waals surface area (Å²) in [5.41, 5.74) is 19.3. The Morgan fingerprint density at radius 1 is 0.442 bits per heavy atom. The van der Waals surface area contributed by atoms with Crippen LogP contribution < -0.4 is 65.1 Å². The zero-order valence-electron chi connectivity index (χ0n) is 81.5. The highest BCUT2D eigenvalue weighted by molar-refractivity contribution is 6.00. The van der Waals surface area contributed by atoms with E-state index >= 15 is 0 Å². The van der Waals surface area contributed by atoms with Crippen LogP contribution in [0.4, 0.5) is 26.3 Å². The molecular weight excluding hydrogens is 1930 g/mol. The first-order valence-electron chi connectivity index (χ1n) is 47.1. The van der Waals surface area contributed by atoms with Gasteiger partial charge in [-0.05, 0) is 151 Å². The molecule has 12 amide bonds. The molecule has 0 spiro atoms. The van der Waals surface area contributed by atoms with Crippen LogP contribution in [-0.2, 0) is 108 Å². The predicted octanol–water partition coefficient (Wildman–Crippen LogP) is 9.47. The fraction of sp³-hybridized carbons (Fsp3) is 0.350. The fourth-order valence-electron chi connectivity index (χ4n) is 14.3. The van der Waals surface area contributed by atoms with E-state index in [0.717, 1.165) is 34.9 Å². The lowest BCUT2D eigenvalue weighted by Crippen LogP contribution is -2.51. The van der Waals surface area contributed by atoms with Crippen LogP contribution in [0.15, 0.2) is 229 Å². The van der Waals surface area contributed by atoms with E-state index in [9.17, 15) is 103 Å². The van der Waals surface area contributed by atoms with Gasteiger partial charge in [0.2, 0.25) is 47.3 Å². The second-order valence-electron chi connectivity index (χ2n) is 33.1. The number of halogens is 6. The molecule has 4 aromatic carbocycles. The minimum absolute atomic E-state index is 0.000483. The molecule has 6 heterocycles. The fourth-order valence-corrected chi connectivity index (χ4v) is 14.3. The lowest BCUT2D eigenvalue weighted by atomic mass is 9.97. The number of carbonyl (C=O) groups is 16. The molecule has 1 aliphatic heterocycles. The number of amides is 12. The maximum absolute atomic E-state index is 13.4. The van der Waals surface area contributed by atoms with Gasteiger partial charge in [0.25, 0.3) is 23.6 Å². The molecule has 1 saturated heterocycles. The molecule has 786 valence electrons. The minimum atomic E-state index is -4.58. The lowest BCUT2D eigenvalue weighted by molar-refractivity contribution is -0.138. The summed E-state index contributed by atoms with van der Waals surface area (Å²) in [6.07, 6.45) is 3.73. The van der Waals surface area contributed by atoms with E-state index in [1.54, 1.807) is 108 Å². The van der Waals surface area contributed by atoms with Gasteiger partial charge in [-0.3, -0.25) is 57.5 Å². The number of ether oxygens (including phenoxy) is 4. The van der Waals surface area contributed by atoms with E-state index in [1.807, 2.05) is 60.7 Å². The van der Waals surface area contributed by atoms with Gasteiger partial charge < -0.3 is 108 Å². The molecule has 19 N–H and O–H groups in total. The average Bonchev–Trinajstić information content (AvgIpc) is 1.69. The number of nitrogens with one attached hydrogen (secondary N) is 13. The number of alkyl halides is 6. The monoisotopic (exact) mass is 2050 g/mol. The number of hydrogen-bond donors (Lipinski definition) is 16. The van der Waals surface area contributed by atoms with E-state index in [2.05, 4.69) is 72.9 Å². The third-order valence-electron chi connectivity index (χ3n) is 21.7. The van der Waals surface area contributed by atoms with Crippen molar-refractivity contribution in [3.8, 4) is 22.7 Å². The number of primary amides is 3. The summed E-state index contributed by atoms with van der Waals surface area (Å²) < 4.78 is 102. The molecule has 5 aromatic heterocycles. The average molecular weight is 2050 g/mol. The summed E-state index contributed by atoms with van der Waals surface area (Å²) >= 11 is 0. The second kappa shape index (κ2) is 60.6. The largest absolute Gasteiger partial charge is 0.463 e. The Kier molecular flexibility index (Phi) is 48.4. The van der Waals surface area contributed by atoms with E-state index in [4.69, 9.17) is 40.7 Å². The summed E-state index contributed by atoms with van der Waals surface area (Å²) in [5.74, 6) is -8.40. The Morgan fingerprint density at radius 3 is 1.19 bits per heavy atom. The quantitative estimate of drug-likeness (QED) is 0.00730. The SMILES string of the molecule is CCOC(=O)/C=C/[C@H](CCC(N)=O)NC(=O)[C@H](CC)NC(=O)c1ccc(-c2ccccc2C(F)(F)F)[nH]1.CCOC(=O)/C=C/[C@H](CCC(N)=O)NC(=O)[C@H](Cc1ccccc1)NC(=O)c1ccc(-c2cc(C)no2)[nH]1.CCOC(=O)/C=C/[C@H](CCC(N)=O)NC(=O)[C@H](Cc1ccccc1)NC(=O)c1ccc(CCC(F)(F)F)[nH]1.CCOC(=O)/C=C/[C@H](C[C@@H]1CCNC1=O)NC(=O)[C@H](Cc1ccccc1)NC(=O)c1ccc[nH]1. The van der Waals surface area contributed by atoms with E-state index in [0.29, 0.717) is 42.2 Å². The van der Waals surface area contributed by atoms with Crippen LogP contribution in [0.5, 0.6) is 0 Å². The number of hydrogen-bond acceptors (Lipinski definition) is 22. The van der Waals surface area contributed by atoms with Crippen LogP contribution in [-0.4, -0.2) is 207 Å². The Labute approximate surface area is 842 Å². The van der Waals surface area contributed by atoms with Crippen LogP contribution in [0.1, 0.15) is 174 Å². The molecule has 1 aliphatic rings. The first-order chi connectivity index (χ1) is 70.1. The van der Waals surface area contributed by atoms with Crippen molar-refractivity contribution < 1.29 is 127 Å². The number of aromatic amines is 4. The molecule has 1 fully saturated rings. The highest BCUT2D eigenvalue weighted by atomic mass is 19.4. The molecule has 9 atom stereocenters. The van der Waals surface area contributed by atoms with Crippen LogP contribution in [0, 0.1) is 12.8 Å². The molecule has 10 rings (SSSR count). The van der Waals surface area contributed by atoms with Gasteiger partial charge in [-0.25, -0.2) is 19.2 Å². The predicted molar refractivity (Wildman–Crippen MR) is 526 cm³/mol. The number of nitrogens with zero attached hydrogens (tertiary/aromatic N) is 1. The highest BCUT2D eigenvalue weighted by Gasteiger charge is 2.36. The van der Waals surface area contributed by atoms with Crippen molar-refractivity contribution in [1.82, 2.24) is 72.9 Å². The summed E-state index contributed by atoms with van der Waals surface area (Å²) in [6, 6.07) is 39.4. The lowest BCUT2D eigenvalue weighted by Gasteiger charge is -2.23. The molecule has 0 unspecified atom stereocenters. The minimum Gasteiger partial charge on any atom is -0.463 e. The molecule has 0 radical (unpaired) electrons. The molecule has 0 aliphatic carbocycles. The number of esters is 4. The van der Waals surface area contributed by atoms with Crippen molar-refractivity contribution in [3.05, 3.63) is 281 Å². The Hall–Kier alpha value is -16.7. The van der Waals surface area contributed by atoms with Crippen molar-refractivity contribution >= 4 is 94.8 Å². The topological polar surface area (TPSA) is 586 Å². The summed E-state index contributed by atoms with van der Waals surface area (Å²) in [7, 11) is 0. The standard InChI is InChI=1S/C27H31N5O6.C26H31F3N4O5.C25H29F3N4O5.C25H30N4O5/c1-3-37-25(34)14-10-19(9-13-24(28)33)29-27(36)22(16-18-7-5-4-6-8-18)31-26(35)21-12-11-20(30-21)23-15-17(2)32-38-23;1-2-38-23(35)13-10-18(9-12-22(30)34)32-25(37)21(16-17-6-4-3-5-7-17)33-24(36)20-11-8-19(31-20)14-15-26(27,28)29;1-3-18(23(35)30-15(9-13-21(29)33)10-14-22(34)37-4-2)32-24(36)20-12-11-19(31-20)16-7-5-6-8-17(16)25(26,27)28;1-2-34-22(30)11-10-19(16-18-12-14-27-23(18)31)28-25(33)21(15-17-7-4-3-5-8-17)29-24(32)20-9-6-13-26-20/h4-8,10-12,14-15,19,22,30H,3,9,13,16H2,1-2H3,(H2,28,33)(H,29,36)(H,31,35);3-8,10-11,13,18,21,31H,2,9,12,14-16H2,1H3,(H2,30,34)(H,32,37)(H,33,36);5-8,10-12,14-15,18,31H,3-4,9,13H2,1-2H3,(H2,29,33)(H,30,35)(H,32,36);3-11,13,18-19,21,26H,2,12,14-16H2,1H3,(H,27,31)(H,28,33)(H,29,32)/b14-10+;13-10+;14-10+;11-10+/t19-,22-;18-,21-;15-,18-;18-,19+,21-/m0000/s1. The molecule has 9 aromatic rings. The number of H-pyrrole nitrogens is 4. The van der Waals surface area contributed by atoms with Crippen molar-refractivity contribution in [1.29, 1.82) is 0 Å². The number of nitrogens with two attached hydrogens (primary N) is 3.